The van der Waals surface area contributed by atoms with Crippen molar-refractivity contribution in [2.75, 3.05) is 6.61 Å². The van der Waals surface area contributed by atoms with Gasteiger partial charge in [0.25, 0.3) is 0 Å². The van der Waals surface area contributed by atoms with Crippen molar-refractivity contribution in [2.24, 2.45) is 0 Å². The monoisotopic (exact) mass is 436 g/mol. The van der Waals surface area contributed by atoms with E-state index in [9.17, 15) is 9.18 Å². The minimum Gasteiger partial charge on any atom is -0.461 e. The van der Waals surface area contributed by atoms with E-state index in [-0.39, 0.29) is 18.1 Å². The summed E-state index contributed by atoms with van der Waals surface area (Å²) in [7, 11) is 0. The summed E-state index contributed by atoms with van der Waals surface area (Å²) in [6.07, 6.45) is 0. The van der Waals surface area contributed by atoms with Crippen LogP contribution in [0, 0.1) is 12.7 Å². The lowest BCUT2D eigenvalue weighted by molar-refractivity contribution is 0.0518. The van der Waals surface area contributed by atoms with Gasteiger partial charge < -0.3 is 4.74 Å². The number of carbonyl (C=O) groups is 1. The van der Waals surface area contributed by atoms with Crippen molar-refractivity contribution in [3.05, 3.63) is 69.0 Å². The van der Waals surface area contributed by atoms with Gasteiger partial charge in [-0.25, -0.2) is 13.9 Å². The van der Waals surface area contributed by atoms with E-state index in [4.69, 9.17) is 16.3 Å². The molecule has 0 bridgehead atoms. The Hall–Kier alpha value is -2.18. The van der Waals surface area contributed by atoms with Crippen LogP contribution in [0.3, 0.4) is 0 Å². The summed E-state index contributed by atoms with van der Waals surface area (Å²) in [4.78, 5) is 12.3. The lowest BCUT2D eigenvalue weighted by Gasteiger charge is -2.10. The Bertz CT molecular complexity index is 970. The number of halogens is 3. The Kier molecular flexibility index (Phi) is 5.44. The SMILES string of the molecule is CCOC(=O)c1nn(-c2ccc(Br)cc2Cl)c(-c2ccc(F)cc2)c1C. The van der Waals surface area contributed by atoms with E-state index in [1.165, 1.54) is 12.1 Å². The van der Waals surface area contributed by atoms with Gasteiger partial charge in [-0.15, -0.1) is 0 Å². The molecular formula is C19H15BrClFN2O2. The topological polar surface area (TPSA) is 44.1 Å². The lowest BCUT2D eigenvalue weighted by Crippen LogP contribution is -2.08. The molecule has 0 aliphatic heterocycles. The molecule has 2 aromatic carbocycles. The summed E-state index contributed by atoms with van der Waals surface area (Å²) in [5.74, 6) is -0.856. The minimum atomic E-state index is -0.514. The maximum Gasteiger partial charge on any atom is 0.359 e. The van der Waals surface area contributed by atoms with Crippen LogP contribution in [0.2, 0.25) is 5.02 Å². The molecule has 0 fully saturated rings. The molecule has 0 radical (unpaired) electrons. The standard InChI is InChI=1S/C19H15BrClFN2O2/c1-3-26-19(25)17-11(2)18(12-4-7-14(22)8-5-12)24(23-17)16-9-6-13(20)10-15(16)21/h4-10H,3H2,1-2H3. The number of esters is 1. The summed E-state index contributed by atoms with van der Waals surface area (Å²) in [5, 5.41) is 4.90. The van der Waals surface area contributed by atoms with Gasteiger partial charge in [0.15, 0.2) is 5.69 Å². The van der Waals surface area contributed by atoms with Crippen LogP contribution in [0.1, 0.15) is 23.0 Å². The molecule has 0 amide bonds. The zero-order chi connectivity index (χ0) is 18.8. The van der Waals surface area contributed by atoms with Gasteiger partial charge in [0.1, 0.15) is 5.82 Å². The van der Waals surface area contributed by atoms with E-state index in [2.05, 4.69) is 21.0 Å². The molecule has 0 saturated heterocycles. The van der Waals surface area contributed by atoms with Crippen LogP contribution in [0.4, 0.5) is 4.39 Å². The highest BCUT2D eigenvalue weighted by atomic mass is 79.9. The van der Waals surface area contributed by atoms with Gasteiger partial charge >= 0.3 is 5.97 Å². The number of benzene rings is 2. The first kappa shape index (κ1) is 18.6. The maximum atomic E-state index is 13.3. The second-order valence-electron chi connectivity index (χ2n) is 5.56. The molecule has 0 saturated carbocycles. The van der Waals surface area contributed by atoms with E-state index in [0.717, 1.165) is 4.47 Å². The van der Waals surface area contributed by atoms with E-state index in [1.54, 1.807) is 42.8 Å². The van der Waals surface area contributed by atoms with Crippen molar-refractivity contribution in [3.63, 3.8) is 0 Å². The molecule has 0 aliphatic carbocycles. The predicted octanol–water partition coefficient (Wildman–Crippen LogP) is 5.58. The van der Waals surface area contributed by atoms with Crippen LogP contribution >= 0.6 is 27.5 Å². The number of nitrogens with zero attached hydrogens (tertiary/aromatic N) is 2. The van der Waals surface area contributed by atoms with Gasteiger partial charge in [0.05, 0.1) is 23.0 Å². The molecule has 26 heavy (non-hydrogen) atoms. The zero-order valence-corrected chi connectivity index (χ0v) is 16.4. The largest absolute Gasteiger partial charge is 0.461 e. The van der Waals surface area contributed by atoms with Gasteiger partial charge in [0.2, 0.25) is 0 Å². The van der Waals surface area contributed by atoms with E-state index in [1.807, 2.05) is 6.07 Å². The third-order valence-corrected chi connectivity index (χ3v) is 4.64. The van der Waals surface area contributed by atoms with E-state index >= 15 is 0 Å². The highest BCUT2D eigenvalue weighted by Crippen LogP contribution is 2.33. The van der Waals surface area contributed by atoms with Gasteiger partial charge in [-0.1, -0.05) is 27.5 Å². The first-order chi connectivity index (χ1) is 12.4. The van der Waals surface area contributed by atoms with Crippen LogP contribution in [-0.2, 0) is 4.74 Å². The number of rotatable bonds is 4. The van der Waals surface area contributed by atoms with Crippen molar-refractivity contribution in [3.8, 4) is 16.9 Å². The average molecular weight is 438 g/mol. The fourth-order valence-corrected chi connectivity index (χ4v) is 3.42. The second kappa shape index (κ2) is 7.60. The molecule has 7 heteroatoms. The summed E-state index contributed by atoms with van der Waals surface area (Å²) >= 11 is 9.76. The summed E-state index contributed by atoms with van der Waals surface area (Å²) in [5.41, 5.74) is 2.80. The highest BCUT2D eigenvalue weighted by molar-refractivity contribution is 9.10. The molecular weight excluding hydrogens is 423 g/mol. The maximum absolute atomic E-state index is 13.3. The first-order valence-electron chi connectivity index (χ1n) is 7.90. The van der Waals surface area contributed by atoms with E-state index < -0.39 is 5.97 Å². The van der Waals surface area contributed by atoms with Crippen molar-refractivity contribution >= 4 is 33.5 Å². The van der Waals surface area contributed by atoms with Crippen molar-refractivity contribution in [1.29, 1.82) is 0 Å². The van der Waals surface area contributed by atoms with Crippen LogP contribution in [-0.4, -0.2) is 22.4 Å². The zero-order valence-electron chi connectivity index (χ0n) is 14.1. The van der Waals surface area contributed by atoms with Crippen LogP contribution in [0.25, 0.3) is 16.9 Å². The Morgan fingerprint density at radius 2 is 1.96 bits per heavy atom. The highest BCUT2D eigenvalue weighted by Gasteiger charge is 2.24. The third kappa shape index (κ3) is 3.52. The van der Waals surface area contributed by atoms with Crippen LogP contribution in [0.5, 0.6) is 0 Å². The van der Waals surface area contributed by atoms with Crippen LogP contribution < -0.4 is 0 Å². The Morgan fingerprint density at radius 3 is 2.58 bits per heavy atom. The molecule has 0 atom stereocenters. The number of aromatic nitrogens is 2. The van der Waals surface area contributed by atoms with Crippen molar-refractivity contribution in [1.82, 2.24) is 9.78 Å². The predicted molar refractivity (Wildman–Crippen MR) is 102 cm³/mol. The molecule has 3 aromatic rings. The summed E-state index contributed by atoms with van der Waals surface area (Å²) in [6, 6.07) is 11.4. The van der Waals surface area contributed by atoms with Crippen molar-refractivity contribution in [2.45, 2.75) is 13.8 Å². The molecule has 1 heterocycles. The van der Waals surface area contributed by atoms with E-state index in [0.29, 0.717) is 27.5 Å². The van der Waals surface area contributed by atoms with Crippen LogP contribution in [0.15, 0.2) is 46.9 Å². The fraction of sp³-hybridized carbons (Fsp3) is 0.158. The summed E-state index contributed by atoms with van der Waals surface area (Å²) in [6.45, 7) is 3.76. The Morgan fingerprint density at radius 1 is 1.27 bits per heavy atom. The average Bonchev–Trinajstić information content (AvgIpc) is 2.93. The molecule has 134 valence electrons. The molecule has 4 nitrogen and oxygen atoms in total. The Balaban J connectivity index is 2.26. The normalized spacial score (nSPS) is 10.8. The third-order valence-electron chi connectivity index (χ3n) is 3.85. The molecule has 0 N–H and O–H groups in total. The first-order valence-corrected chi connectivity index (χ1v) is 9.07. The number of hydrogen-bond donors (Lipinski definition) is 0. The van der Waals surface area contributed by atoms with Gasteiger partial charge in [-0.2, -0.15) is 5.10 Å². The molecule has 0 aliphatic rings. The van der Waals surface area contributed by atoms with Gasteiger partial charge in [-0.3, -0.25) is 0 Å². The van der Waals surface area contributed by atoms with Crippen molar-refractivity contribution < 1.29 is 13.9 Å². The quantitative estimate of drug-likeness (QED) is 0.501. The molecule has 1 aromatic heterocycles. The minimum absolute atomic E-state index is 0.199. The second-order valence-corrected chi connectivity index (χ2v) is 6.88. The van der Waals surface area contributed by atoms with Gasteiger partial charge in [-0.05, 0) is 56.3 Å². The Labute approximate surface area is 163 Å². The summed E-state index contributed by atoms with van der Waals surface area (Å²) < 4.78 is 20.9. The number of hydrogen-bond acceptors (Lipinski definition) is 3. The van der Waals surface area contributed by atoms with Gasteiger partial charge in [0, 0.05) is 15.6 Å². The lowest BCUT2D eigenvalue weighted by atomic mass is 10.1. The molecule has 3 rings (SSSR count). The smallest absolute Gasteiger partial charge is 0.359 e. The number of carbonyl (C=O) groups excluding carboxylic acids is 1. The molecule has 0 unspecified atom stereocenters. The number of ether oxygens (including phenoxy) is 1. The fourth-order valence-electron chi connectivity index (χ4n) is 2.66. The molecule has 0 spiro atoms.